The van der Waals surface area contributed by atoms with Crippen molar-refractivity contribution in [2.45, 2.75) is 33.6 Å². The predicted octanol–water partition coefficient (Wildman–Crippen LogP) is 5.00. The fraction of sp³-hybridized carbons (Fsp3) is 0.261. The lowest BCUT2D eigenvalue weighted by Crippen LogP contribution is -2.17. The van der Waals surface area contributed by atoms with Crippen LogP contribution in [-0.2, 0) is 12.8 Å². The number of hydrogen-bond acceptors (Lipinski definition) is 5. The highest BCUT2D eigenvalue weighted by Crippen LogP contribution is 2.23. The Kier molecular flexibility index (Phi) is 6.79. The van der Waals surface area contributed by atoms with Crippen molar-refractivity contribution in [2.24, 2.45) is 0 Å². The molecule has 29 heavy (non-hydrogen) atoms. The van der Waals surface area contributed by atoms with Crippen LogP contribution in [0.5, 0.6) is 5.75 Å². The topological polar surface area (TPSA) is 76.1 Å². The first kappa shape index (κ1) is 20.3. The quantitative estimate of drug-likeness (QED) is 0.566. The molecule has 1 heterocycles. The second-order valence-electron chi connectivity index (χ2n) is 6.46. The van der Waals surface area contributed by atoms with Gasteiger partial charge in [0.1, 0.15) is 11.4 Å². The Balaban J connectivity index is 1.76. The summed E-state index contributed by atoms with van der Waals surface area (Å²) in [6.45, 7) is 6.72. The van der Waals surface area contributed by atoms with Gasteiger partial charge >= 0.3 is 0 Å². The van der Waals surface area contributed by atoms with Gasteiger partial charge in [0.05, 0.1) is 6.61 Å². The van der Waals surface area contributed by atoms with Gasteiger partial charge in [-0.3, -0.25) is 4.79 Å². The Labute approximate surface area is 171 Å². The normalized spacial score (nSPS) is 10.4. The van der Waals surface area contributed by atoms with Crippen LogP contribution in [0.25, 0.3) is 0 Å². The van der Waals surface area contributed by atoms with Gasteiger partial charge in [-0.2, -0.15) is 0 Å². The molecule has 0 atom stereocenters. The zero-order valence-corrected chi connectivity index (χ0v) is 17.0. The third-order valence-electron chi connectivity index (χ3n) is 4.55. The van der Waals surface area contributed by atoms with Gasteiger partial charge in [0, 0.05) is 17.6 Å². The van der Waals surface area contributed by atoms with Crippen molar-refractivity contribution in [1.29, 1.82) is 0 Å². The molecule has 0 aliphatic carbocycles. The number of nitrogens with one attached hydrogen (secondary N) is 2. The average Bonchev–Trinajstić information content (AvgIpc) is 2.75. The second-order valence-corrected chi connectivity index (χ2v) is 6.46. The molecular formula is C23H26N4O2. The van der Waals surface area contributed by atoms with Crippen molar-refractivity contribution in [3.05, 3.63) is 71.5 Å². The summed E-state index contributed by atoms with van der Waals surface area (Å²) in [4.78, 5) is 21.4. The van der Waals surface area contributed by atoms with Crippen molar-refractivity contribution in [1.82, 2.24) is 9.97 Å². The second kappa shape index (κ2) is 9.68. The number of para-hydroxylation sites is 1. The third kappa shape index (κ3) is 5.10. The molecule has 0 unspecified atom stereocenters. The van der Waals surface area contributed by atoms with E-state index in [1.165, 1.54) is 0 Å². The Morgan fingerprint density at radius 2 is 1.66 bits per heavy atom. The number of nitrogens with zero attached hydrogens (tertiary/aromatic N) is 2. The smallest absolute Gasteiger partial charge is 0.274 e. The maximum atomic E-state index is 12.8. The molecule has 0 saturated carbocycles. The summed E-state index contributed by atoms with van der Waals surface area (Å²) in [5.41, 5.74) is 4.22. The molecule has 0 bridgehead atoms. The van der Waals surface area contributed by atoms with Gasteiger partial charge in [0.25, 0.3) is 5.91 Å². The third-order valence-corrected chi connectivity index (χ3v) is 4.55. The lowest BCUT2D eigenvalue weighted by atomic mass is 10.0. The van der Waals surface area contributed by atoms with Crippen LogP contribution in [0.15, 0.2) is 54.7 Å². The number of rotatable bonds is 8. The first-order valence-corrected chi connectivity index (χ1v) is 9.89. The van der Waals surface area contributed by atoms with E-state index in [2.05, 4.69) is 34.4 Å². The van der Waals surface area contributed by atoms with Crippen molar-refractivity contribution >= 4 is 23.2 Å². The van der Waals surface area contributed by atoms with Crippen LogP contribution in [0.4, 0.5) is 17.3 Å². The number of hydrogen-bond donors (Lipinski definition) is 2. The van der Waals surface area contributed by atoms with Crippen LogP contribution in [0.1, 0.15) is 42.4 Å². The minimum absolute atomic E-state index is 0.252. The van der Waals surface area contributed by atoms with E-state index >= 15 is 0 Å². The molecule has 2 N–H and O–H groups in total. The number of amides is 1. The lowest BCUT2D eigenvalue weighted by molar-refractivity contribution is 0.102. The van der Waals surface area contributed by atoms with Crippen molar-refractivity contribution in [3.63, 3.8) is 0 Å². The van der Waals surface area contributed by atoms with Gasteiger partial charge in [-0.1, -0.05) is 32.0 Å². The summed E-state index contributed by atoms with van der Waals surface area (Å²) in [5.74, 6) is 0.910. The molecule has 1 amide bonds. The fourth-order valence-corrected chi connectivity index (χ4v) is 3.06. The van der Waals surface area contributed by atoms with E-state index in [9.17, 15) is 4.79 Å². The highest BCUT2D eigenvalue weighted by Gasteiger charge is 2.14. The standard InChI is InChI=1S/C23H26N4O2/c1-4-16-8-7-9-17(5-2)21(16)27-22(28)20-14-15-24-23(26-20)25-18-10-12-19(13-11-18)29-6-3/h7-15H,4-6H2,1-3H3,(H,27,28)(H,24,25,26). The van der Waals surface area contributed by atoms with Crippen LogP contribution in [0, 0.1) is 0 Å². The van der Waals surface area contributed by atoms with Gasteiger partial charge in [0.15, 0.2) is 0 Å². The van der Waals surface area contributed by atoms with Crippen LogP contribution < -0.4 is 15.4 Å². The summed E-state index contributed by atoms with van der Waals surface area (Å²) in [6.07, 6.45) is 3.26. The van der Waals surface area contributed by atoms with E-state index in [0.717, 1.165) is 41.1 Å². The van der Waals surface area contributed by atoms with Gasteiger partial charge in [-0.05, 0) is 61.2 Å². The van der Waals surface area contributed by atoms with E-state index in [-0.39, 0.29) is 5.91 Å². The Hall–Kier alpha value is -3.41. The number of ether oxygens (including phenoxy) is 1. The highest BCUT2D eigenvalue weighted by molar-refractivity contribution is 6.03. The molecule has 3 aromatic rings. The zero-order chi connectivity index (χ0) is 20.6. The molecule has 3 rings (SSSR count). The number of benzene rings is 2. The lowest BCUT2D eigenvalue weighted by Gasteiger charge is -2.14. The molecule has 0 aliphatic rings. The van der Waals surface area contributed by atoms with Gasteiger partial charge in [-0.15, -0.1) is 0 Å². The van der Waals surface area contributed by atoms with Crippen LogP contribution in [0.2, 0.25) is 0 Å². The van der Waals surface area contributed by atoms with E-state index in [0.29, 0.717) is 18.2 Å². The molecule has 150 valence electrons. The Bertz CT molecular complexity index is 949. The van der Waals surface area contributed by atoms with E-state index < -0.39 is 0 Å². The van der Waals surface area contributed by atoms with Crippen molar-refractivity contribution < 1.29 is 9.53 Å². The Morgan fingerprint density at radius 1 is 0.966 bits per heavy atom. The zero-order valence-electron chi connectivity index (χ0n) is 17.0. The summed E-state index contributed by atoms with van der Waals surface area (Å²) in [6, 6.07) is 15.2. The summed E-state index contributed by atoms with van der Waals surface area (Å²) >= 11 is 0. The molecular weight excluding hydrogens is 364 g/mol. The van der Waals surface area contributed by atoms with Gasteiger partial charge in [-0.25, -0.2) is 9.97 Å². The first-order valence-electron chi connectivity index (χ1n) is 9.89. The molecule has 0 radical (unpaired) electrons. The largest absolute Gasteiger partial charge is 0.494 e. The number of aryl methyl sites for hydroxylation is 2. The van der Waals surface area contributed by atoms with Crippen LogP contribution in [-0.4, -0.2) is 22.5 Å². The number of carbonyl (C=O) groups is 1. The van der Waals surface area contributed by atoms with E-state index in [1.54, 1.807) is 12.3 Å². The maximum Gasteiger partial charge on any atom is 0.274 e. The number of aromatic nitrogens is 2. The Morgan fingerprint density at radius 3 is 2.28 bits per heavy atom. The molecule has 0 fully saturated rings. The van der Waals surface area contributed by atoms with E-state index in [1.807, 2.05) is 49.4 Å². The number of carbonyl (C=O) groups excluding carboxylic acids is 1. The fourth-order valence-electron chi connectivity index (χ4n) is 3.06. The van der Waals surface area contributed by atoms with E-state index in [4.69, 9.17) is 4.74 Å². The van der Waals surface area contributed by atoms with Gasteiger partial charge < -0.3 is 15.4 Å². The highest BCUT2D eigenvalue weighted by atomic mass is 16.5. The van der Waals surface area contributed by atoms with Crippen molar-refractivity contribution in [3.8, 4) is 5.75 Å². The van der Waals surface area contributed by atoms with Crippen molar-refractivity contribution in [2.75, 3.05) is 17.2 Å². The predicted molar refractivity (Wildman–Crippen MR) is 116 cm³/mol. The molecule has 0 saturated heterocycles. The molecule has 6 nitrogen and oxygen atoms in total. The number of anilines is 3. The molecule has 6 heteroatoms. The molecule has 0 spiro atoms. The summed E-state index contributed by atoms with van der Waals surface area (Å²) < 4.78 is 5.44. The molecule has 2 aromatic carbocycles. The summed E-state index contributed by atoms with van der Waals surface area (Å²) in [5, 5.41) is 6.16. The minimum atomic E-state index is -0.252. The maximum absolute atomic E-state index is 12.8. The van der Waals surface area contributed by atoms with Gasteiger partial charge in [0.2, 0.25) is 5.95 Å². The average molecular weight is 390 g/mol. The monoisotopic (exact) mass is 390 g/mol. The first-order chi connectivity index (χ1) is 14.1. The SMILES string of the molecule is CCOc1ccc(Nc2nccc(C(=O)Nc3c(CC)cccc3CC)n2)cc1. The molecule has 1 aromatic heterocycles. The van der Waals surface area contributed by atoms with Crippen LogP contribution in [0.3, 0.4) is 0 Å². The minimum Gasteiger partial charge on any atom is -0.494 e. The summed E-state index contributed by atoms with van der Waals surface area (Å²) in [7, 11) is 0. The van der Waals surface area contributed by atoms with Crippen LogP contribution >= 0.6 is 0 Å². The molecule has 0 aliphatic heterocycles.